The summed E-state index contributed by atoms with van der Waals surface area (Å²) < 4.78 is 32.6. The Bertz CT molecular complexity index is 618. The Labute approximate surface area is 109 Å². The molecule has 1 fully saturated rings. The molecule has 1 aromatic carbocycles. The Morgan fingerprint density at radius 3 is 3.00 bits per heavy atom. The topological polar surface area (TPSA) is 25.4 Å². The van der Waals surface area contributed by atoms with Crippen molar-refractivity contribution in [1.29, 1.82) is 0 Å². The van der Waals surface area contributed by atoms with Crippen LogP contribution in [0.2, 0.25) is 0 Å². The molecule has 1 saturated heterocycles. The molecule has 0 spiro atoms. The van der Waals surface area contributed by atoms with E-state index in [1.165, 1.54) is 6.07 Å². The van der Waals surface area contributed by atoms with Crippen molar-refractivity contribution in [2.45, 2.75) is 13.0 Å². The Kier molecular flexibility index (Phi) is 3.06. The maximum Gasteiger partial charge on any atom is 0.152 e. The Balaban J connectivity index is 2.17. The van der Waals surface area contributed by atoms with Crippen LogP contribution in [0.1, 0.15) is 6.92 Å². The fourth-order valence-electron chi connectivity index (χ4n) is 2.50. The summed E-state index contributed by atoms with van der Waals surface area (Å²) >= 11 is 0. The molecule has 0 N–H and O–H groups in total. The minimum atomic E-state index is -0.627. The molecule has 100 valence electrons. The summed E-state index contributed by atoms with van der Waals surface area (Å²) in [5, 5.41) is 0.508. The number of halogens is 2. The molecule has 1 aromatic heterocycles. The molecule has 3 nitrogen and oxygen atoms in total. The van der Waals surface area contributed by atoms with Gasteiger partial charge >= 0.3 is 0 Å². The van der Waals surface area contributed by atoms with E-state index in [4.69, 9.17) is 4.74 Å². The quantitative estimate of drug-likeness (QED) is 0.792. The van der Waals surface area contributed by atoms with Gasteiger partial charge in [0, 0.05) is 35.9 Å². The Hall–Kier alpha value is -1.75. The molecule has 5 heteroatoms. The first-order valence-corrected chi connectivity index (χ1v) is 6.25. The summed E-state index contributed by atoms with van der Waals surface area (Å²) in [6.07, 6.45) is 1.56. The van der Waals surface area contributed by atoms with Crippen LogP contribution in [0.3, 0.4) is 0 Å². The van der Waals surface area contributed by atoms with E-state index in [1.54, 1.807) is 12.3 Å². The molecule has 2 heterocycles. The summed E-state index contributed by atoms with van der Waals surface area (Å²) in [5.41, 5.74) is 1.01. The van der Waals surface area contributed by atoms with Crippen LogP contribution in [0.4, 0.5) is 14.5 Å². The fraction of sp³-hybridized carbons (Fsp3) is 0.357. The number of rotatable bonds is 1. The number of pyridine rings is 1. The lowest BCUT2D eigenvalue weighted by Crippen LogP contribution is -2.43. The van der Waals surface area contributed by atoms with Gasteiger partial charge in [-0.25, -0.2) is 8.78 Å². The van der Waals surface area contributed by atoms with E-state index in [9.17, 15) is 8.78 Å². The van der Waals surface area contributed by atoms with Crippen LogP contribution in [0.25, 0.3) is 10.9 Å². The second kappa shape index (κ2) is 4.74. The molecule has 0 bridgehead atoms. The Morgan fingerprint density at radius 1 is 1.37 bits per heavy atom. The first kappa shape index (κ1) is 12.3. The average molecular weight is 264 g/mol. The summed E-state index contributed by atoms with van der Waals surface area (Å²) in [6, 6.07) is 4.17. The largest absolute Gasteiger partial charge is 0.377 e. The molecule has 0 unspecified atom stereocenters. The number of hydrogen-bond donors (Lipinski definition) is 0. The lowest BCUT2D eigenvalue weighted by molar-refractivity contribution is 0.0991. The minimum absolute atomic E-state index is 0.172. The average Bonchev–Trinajstić information content (AvgIpc) is 2.39. The van der Waals surface area contributed by atoms with Crippen molar-refractivity contribution >= 4 is 16.6 Å². The number of anilines is 1. The molecule has 1 aliphatic heterocycles. The monoisotopic (exact) mass is 264 g/mol. The lowest BCUT2D eigenvalue weighted by Gasteiger charge is -2.35. The van der Waals surface area contributed by atoms with E-state index >= 15 is 0 Å². The molecule has 0 radical (unpaired) electrons. The molecular formula is C14H14F2N2O. The molecule has 0 amide bonds. The zero-order valence-electron chi connectivity index (χ0n) is 10.6. The van der Waals surface area contributed by atoms with E-state index in [0.29, 0.717) is 25.1 Å². The summed E-state index contributed by atoms with van der Waals surface area (Å²) in [4.78, 5) is 6.11. The van der Waals surface area contributed by atoms with Crippen molar-refractivity contribution < 1.29 is 13.5 Å². The van der Waals surface area contributed by atoms with Crippen LogP contribution in [-0.2, 0) is 4.74 Å². The third kappa shape index (κ3) is 2.14. The van der Waals surface area contributed by atoms with Crippen LogP contribution < -0.4 is 4.90 Å². The van der Waals surface area contributed by atoms with Gasteiger partial charge in [-0.2, -0.15) is 0 Å². The van der Waals surface area contributed by atoms with Crippen LogP contribution in [-0.4, -0.2) is 30.8 Å². The highest BCUT2D eigenvalue weighted by molar-refractivity contribution is 5.92. The molecule has 2 aromatic rings. The fourth-order valence-corrected chi connectivity index (χ4v) is 2.50. The lowest BCUT2D eigenvalue weighted by atomic mass is 10.1. The standard InChI is InChI=1S/C14H14F2N2O/c1-9-8-19-5-4-18(9)13-2-3-17-14-11(13)6-10(15)7-12(14)16/h2-3,6-7,9H,4-5,8H2,1H3/t9-/m0/s1. The highest BCUT2D eigenvalue weighted by atomic mass is 19.1. The van der Waals surface area contributed by atoms with E-state index in [-0.39, 0.29) is 11.6 Å². The zero-order valence-corrected chi connectivity index (χ0v) is 10.6. The molecule has 19 heavy (non-hydrogen) atoms. The molecule has 1 atom stereocenters. The van der Waals surface area contributed by atoms with Gasteiger partial charge in [-0.1, -0.05) is 0 Å². The van der Waals surface area contributed by atoms with Crippen LogP contribution in [0.5, 0.6) is 0 Å². The number of aromatic nitrogens is 1. The molecular weight excluding hydrogens is 250 g/mol. The van der Waals surface area contributed by atoms with Gasteiger partial charge in [-0.15, -0.1) is 0 Å². The number of fused-ring (bicyclic) bond motifs is 1. The van der Waals surface area contributed by atoms with Crippen molar-refractivity contribution in [1.82, 2.24) is 4.98 Å². The molecule has 0 aliphatic carbocycles. The first-order valence-electron chi connectivity index (χ1n) is 6.25. The highest BCUT2D eigenvalue weighted by Crippen LogP contribution is 2.29. The van der Waals surface area contributed by atoms with E-state index in [2.05, 4.69) is 9.88 Å². The van der Waals surface area contributed by atoms with Crippen molar-refractivity contribution in [2.75, 3.05) is 24.7 Å². The van der Waals surface area contributed by atoms with Gasteiger partial charge in [-0.05, 0) is 19.1 Å². The maximum atomic E-state index is 13.7. The third-order valence-electron chi connectivity index (χ3n) is 3.42. The number of nitrogens with zero attached hydrogens (tertiary/aromatic N) is 2. The normalized spacial score (nSPS) is 19.9. The highest BCUT2D eigenvalue weighted by Gasteiger charge is 2.21. The molecule has 3 rings (SSSR count). The van der Waals surface area contributed by atoms with E-state index in [0.717, 1.165) is 11.8 Å². The third-order valence-corrected chi connectivity index (χ3v) is 3.42. The van der Waals surface area contributed by atoms with Crippen molar-refractivity contribution in [2.24, 2.45) is 0 Å². The smallest absolute Gasteiger partial charge is 0.152 e. The maximum absolute atomic E-state index is 13.7. The second-order valence-electron chi connectivity index (χ2n) is 4.73. The number of hydrogen-bond acceptors (Lipinski definition) is 3. The summed E-state index contributed by atoms with van der Waals surface area (Å²) in [5.74, 6) is -1.21. The van der Waals surface area contributed by atoms with Crippen molar-refractivity contribution in [3.8, 4) is 0 Å². The zero-order chi connectivity index (χ0) is 13.4. The van der Waals surface area contributed by atoms with E-state index < -0.39 is 11.6 Å². The van der Waals surface area contributed by atoms with Crippen LogP contribution in [0.15, 0.2) is 24.4 Å². The second-order valence-corrected chi connectivity index (χ2v) is 4.73. The molecule has 1 aliphatic rings. The number of ether oxygens (including phenoxy) is 1. The van der Waals surface area contributed by atoms with Gasteiger partial charge in [0.1, 0.15) is 11.3 Å². The van der Waals surface area contributed by atoms with Gasteiger partial charge < -0.3 is 9.64 Å². The predicted octanol–water partition coefficient (Wildman–Crippen LogP) is 2.74. The molecule has 0 saturated carbocycles. The number of benzene rings is 1. The minimum Gasteiger partial charge on any atom is -0.377 e. The SMILES string of the molecule is C[C@H]1COCCN1c1ccnc2c(F)cc(F)cc12. The van der Waals surface area contributed by atoms with Gasteiger partial charge in [0.05, 0.1) is 13.2 Å². The van der Waals surface area contributed by atoms with Crippen molar-refractivity contribution in [3.05, 3.63) is 36.0 Å². The van der Waals surface area contributed by atoms with Gasteiger partial charge in [0.15, 0.2) is 5.82 Å². The van der Waals surface area contributed by atoms with Gasteiger partial charge in [0.2, 0.25) is 0 Å². The summed E-state index contributed by atoms with van der Waals surface area (Å²) in [6.45, 7) is 3.97. The first-order chi connectivity index (χ1) is 9.16. The van der Waals surface area contributed by atoms with Crippen molar-refractivity contribution in [3.63, 3.8) is 0 Å². The predicted molar refractivity (Wildman–Crippen MR) is 69.3 cm³/mol. The van der Waals surface area contributed by atoms with Crippen LogP contribution in [0, 0.1) is 11.6 Å². The van der Waals surface area contributed by atoms with Gasteiger partial charge in [-0.3, -0.25) is 4.98 Å². The van der Waals surface area contributed by atoms with Crippen LogP contribution >= 0.6 is 0 Å². The van der Waals surface area contributed by atoms with Gasteiger partial charge in [0.25, 0.3) is 0 Å². The number of morpholine rings is 1. The Morgan fingerprint density at radius 2 is 2.21 bits per heavy atom. The van der Waals surface area contributed by atoms with E-state index in [1.807, 2.05) is 6.92 Å². The summed E-state index contributed by atoms with van der Waals surface area (Å²) in [7, 11) is 0.